The van der Waals surface area contributed by atoms with Gasteiger partial charge in [0.2, 0.25) is 5.91 Å². The summed E-state index contributed by atoms with van der Waals surface area (Å²) in [6.07, 6.45) is 2.87. The van der Waals surface area contributed by atoms with Crippen LogP contribution in [0.15, 0.2) is 42.5 Å². The number of hydrogen-bond donors (Lipinski definition) is 1. The van der Waals surface area contributed by atoms with Gasteiger partial charge in [-0.15, -0.1) is 0 Å². The van der Waals surface area contributed by atoms with Gasteiger partial charge in [0.05, 0.1) is 44.8 Å². The molecular formula is C22H23NO7. The molecule has 0 aliphatic rings. The van der Waals surface area contributed by atoms with Gasteiger partial charge in [0, 0.05) is 6.08 Å². The molecule has 8 nitrogen and oxygen atoms in total. The maximum absolute atomic E-state index is 12.4. The van der Waals surface area contributed by atoms with Gasteiger partial charge in [-0.05, 0) is 48.9 Å². The molecule has 2 aromatic carbocycles. The molecule has 30 heavy (non-hydrogen) atoms. The van der Waals surface area contributed by atoms with E-state index in [0.29, 0.717) is 23.7 Å². The minimum absolute atomic E-state index is 0.106. The standard InChI is InChI=1S/C22H23NO7/c1-5-30-18-10-6-14(12-19(18)27-2)7-11-20(24)23-17-13-15(21(25)28-3)8-9-16(17)22(26)29-4/h6-13H,5H2,1-4H3,(H,23,24). The summed E-state index contributed by atoms with van der Waals surface area (Å²) in [7, 11) is 3.99. The van der Waals surface area contributed by atoms with Crippen molar-refractivity contribution in [2.75, 3.05) is 33.3 Å². The van der Waals surface area contributed by atoms with Gasteiger partial charge in [-0.2, -0.15) is 0 Å². The van der Waals surface area contributed by atoms with Crippen LogP contribution in [0.2, 0.25) is 0 Å². The second-order valence-electron chi connectivity index (χ2n) is 5.91. The maximum Gasteiger partial charge on any atom is 0.339 e. The first-order valence-corrected chi connectivity index (χ1v) is 9.04. The average Bonchev–Trinajstić information content (AvgIpc) is 2.77. The number of methoxy groups -OCH3 is 3. The smallest absolute Gasteiger partial charge is 0.339 e. The van der Waals surface area contributed by atoms with Crippen LogP contribution in [-0.2, 0) is 14.3 Å². The molecule has 0 unspecified atom stereocenters. The van der Waals surface area contributed by atoms with Crippen LogP contribution in [0.1, 0.15) is 33.2 Å². The Bertz CT molecular complexity index is 966. The monoisotopic (exact) mass is 413 g/mol. The van der Waals surface area contributed by atoms with E-state index in [-0.39, 0.29) is 16.8 Å². The van der Waals surface area contributed by atoms with Crippen LogP contribution >= 0.6 is 0 Å². The van der Waals surface area contributed by atoms with Crippen molar-refractivity contribution in [1.82, 2.24) is 0 Å². The van der Waals surface area contributed by atoms with Crippen molar-refractivity contribution in [1.29, 1.82) is 0 Å². The molecule has 8 heteroatoms. The number of rotatable bonds is 8. The highest BCUT2D eigenvalue weighted by Gasteiger charge is 2.16. The Morgan fingerprint density at radius 3 is 2.30 bits per heavy atom. The molecule has 0 aliphatic carbocycles. The van der Waals surface area contributed by atoms with Crippen LogP contribution in [-0.4, -0.2) is 45.8 Å². The highest BCUT2D eigenvalue weighted by molar-refractivity contribution is 6.07. The highest BCUT2D eigenvalue weighted by Crippen LogP contribution is 2.28. The third-order valence-corrected chi connectivity index (χ3v) is 4.02. The van der Waals surface area contributed by atoms with E-state index < -0.39 is 17.8 Å². The molecule has 0 saturated heterocycles. The Kier molecular flexibility index (Phi) is 7.99. The third-order valence-electron chi connectivity index (χ3n) is 4.02. The Morgan fingerprint density at radius 1 is 0.933 bits per heavy atom. The molecule has 0 aliphatic heterocycles. The number of carbonyl (C=O) groups is 3. The van der Waals surface area contributed by atoms with Gasteiger partial charge in [0.15, 0.2) is 11.5 Å². The Labute approximate surface area is 174 Å². The van der Waals surface area contributed by atoms with Crippen LogP contribution < -0.4 is 14.8 Å². The summed E-state index contributed by atoms with van der Waals surface area (Å²) >= 11 is 0. The molecule has 0 fully saturated rings. The number of benzene rings is 2. The largest absolute Gasteiger partial charge is 0.493 e. The van der Waals surface area contributed by atoms with E-state index in [0.717, 1.165) is 0 Å². The Hall–Kier alpha value is -3.81. The molecule has 0 spiro atoms. The van der Waals surface area contributed by atoms with E-state index in [2.05, 4.69) is 10.1 Å². The lowest BCUT2D eigenvalue weighted by atomic mass is 10.1. The molecule has 0 saturated carbocycles. The fourth-order valence-electron chi connectivity index (χ4n) is 2.59. The van der Waals surface area contributed by atoms with Gasteiger partial charge >= 0.3 is 11.9 Å². The van der Waals surface area contributed by atoms with Crippen molar-refractivity contribution < 1.29 is 33.3 Å². The van der Waals surface area contributed by atoms with Crippen LogP contribution in [0.4, 0.5) is 5.69 Å². The first-order valence-electron chi connectivity index (χ1n) is 9.04. The maximum atomic E-state index is 12.4. The van der Waals surface area contributed by atoms with Gasteiger partial charge in [-0.3, -0.25) is 4.79 Å². The van der Waals surface area contributed by atoms with Crippen molar-refractivity contribution in [2.45, 2.75) is 6.92 Å². The van der Waals surface area contributed by atoms with Gasteiger partial charge in [0.25, 0.3) is 0 Å². The van der Waals surface area contributed by atoms with Gasteiger partial charge in [-0.1, -0.05) is 6.07 Å². The van der Waals surface area contributed by atoms with E-state index in [1.165, 1.54) is 45.6 Å². The zero-order valence-electron chi connectivity index (χ0n) is 17.2. The molecule has 2 rings (SSSR count). The molecule has 0 radical (unpaired) electrons. The predicted molar refractivity (Wildman–Crippen MR) is 111 cm³/mol. The van der Waals surface area contributed by atoms with Crippen molar-refractivity contribution >= 4 is 29.6 Å². The molecule has 1 N–H and O–H groups in total. The van der Waals surface area contributed by atoms with Crippen molar-refractivity contribution in [2.24, 2.45) is 0 Å². The summed E-state index contributed by atoms with van der Waals surface area (Å²) in [5.41, 5.74) is 1.13. The number of nitrogens with one attached hydrogen (secondary N) is 1. The fourth-order valence-corrected chi connectivity index (χ4v) is 2.59. The Balaban J connectivity index is 2.24. The quantitative estimate of drug-likeness (QED) is 0.523. The summed E-state index contributed by atoms with van der Waals surface area (Å²) in [4.78, 5) is 36.1. The van der Waals surface area contributed by atoms with Crippen molar-refractivity contribution in [3.8, 4) is 11.5 Å². The lowest BCUT2D eigenvalue weighted by molar-refractivity contribution is -0.111. The van der Waals surface area contributed by atoms with Crippen LogP contribution in [0.3, 0.4) is 0 Å². The molecule has 1 amide bonds. The van der Waals surface area contributed by atoms with Gasteiger partial charge < -0.3 is 24.3 Å². The number of esters is 2. The zero-order valence-corrected chi connectivity index (χ0v) is 17.2. The predicted octanol–water partition coefficient (Wildman–Crippen LogP) is 3.32. The topological polar surface area (TPSA) is 100 Å². The number of hydrogen-bond acceptors (Lipinski definition) is 7. The number of ether oxygens (including phenoxy) is 4. The lowest BCUT2D eigenvalue weighted by Crippen LogP contribution is -2.14. The first-order chi connectivity index (χ1) is 14.4. The van der Waals surface area contributed by atoms with Crippen LogP contribution in [0.25, 0.3) is 6.08 Å². The van der Waals surface area contributed by atoms with Crippen molar-refractivity contribution in [3.63, 3.8) is 0 Å². The fraction of sp³-hybridized carbons (Fsp3) is 0.227. The second kappa shape index (κ2) is 10.7. The van der Waals surface area contributed by atoms with E-state index in [4.69, 9.17) is 14.2 Å². The number of amides is 1. The molecular weight excluding hydrogens is 390 g/mol. The summed E-state index contributed by atoms with van der Waals surface area (Å²) in [5, 5.41) is 2.59. The minimum atomic E-state index is -0.651. The molecule has 0 heterocycles. The first kappa shape index (κ1) is 22.5. The summed E-state index contributed by atoms with van der Waals surface area (Å²) in [6, 6.07) is 9.39. The van der Waals surface area contributed by atoms with Crippen LogP contribution in [0.5, 0.6) is 11.5 Å². The number of carbonyl (C=O) groups excluding carboxylic acids is 3. The molecule has 0 aromatic heterocycles. The zero-order chi connectivity index (χ0) is 22.1. The van der Waals surface area contributed by atoms with E-state index in [9.17, 15) is 14.4 Å². The molecule has 2 aromatic rings. The summed E-state index contributed by atoms with van der Waals surface area (Å²) in [5.74, 6) is -0.613. The second-order valence-corrected chi connectivity index (χ2v) is 5.91. The summed E-state index contributed by atoms with van der Waals surface area (Å²) < 4.78 is 20.1. The Morgan fingerprint density at radius 2 is 1.67 bits per heavy atom. The van der Waals surface area contributed by atoms with Gasteiger partial charge in [0.1, 0.15) is 0 Å². The average molecular weight is 413 g/mol. The number of anilines is 1. The third kappa shape index (κ3) is 5.60. The highest BCUT2D eigenvalue weighted by atomic mass is 16.5. The van der Waals surface area contributed by atoms with Crippen LogP contribution in [0, 0.1) is 0 Å². The minimum Gasteiger partial charge on any atom is -0.493 e. The SMILES string of the molecule is CCOc1ccc(C=CC(=O)Nc2cc(C(=O)OC)ccc2C(=O)OC)cc1OC. The van der Waals surface area contributed by atoms with Gasteiger partial charge in [-0.25, -0.2) is 9.59 Å². The molecule has 0 bridgehead atoms. The van der Waals surface area contributed by atoms with Crippen molar-refractivity contribution in [3.05, 3.63) is 59.2 Å². The van der Waals surface area contributed by atoms with E-state index in [1.807, 2.05) is 6.92 Å². The van der Waals surface area contributed by atoms with E-state index in [1.54, 1.807) is 24.3 Å². The summed E-state index contributed by atoms with van der Waals surface area (Å²) in [6.45, 7) is 2.37. The lowest BCUT2D eigenvalue weighted by Gasteiger charge is -2.10. The van der Waals surface area contributed by atoms with E-state index >= 15 is 0 Å². The molecule has 0 atom stereocenters. The molecule has 158 valence electrons. The normalized spacial score (nSPS) is 10.4.